The van der Waals surface area contributed by atoms with Gasteiger partial charge in [-0.15, -0.1) is 0 Å². The predicted octanol–water partition coefficient (Wildman–Crippen LogP) is 7.45. The topological polar surface area (TPSA) is 68.7 Å². The number of benzene rings is 2. The molecule has 1 spiro atoms. The summed E-state index contributed by atoms with van der Waals surface area (Å²) < 4.78 is 26.6. The number of aromatic nitrogens is 1. The van der Waals surface area contributed by atoms with Gasteiger partial charge >= 0.3 is 5.97 Å². The Morgan fingerprint density at radius 2 is 1.92 bits per heavy atom. The molecule has 1 aromatic heterocycles. The van der Waals surface area contributed by atoms with Gasteiger partial charge in [-0.25, -0.2) is 9.37 Å². The van der Waals surface area contributed by atoms with Crippen LogP contribution in [0.5, 0.6) is 11.6 Å². The number of halogens is 1. The molecule has 3 aliphatic rings. The van der Waals surface area contributed by atoms with Crippen LogP contribution in [-0.2, 0) is 23.2 Å². The highest BCUT2D eigenvalue weighted by atomic mass is 19.1. The second kappa shape index (κ2) is 9.65. The number of hydrogen-bond donors (Lipinski definition) is 1. The summed E-state index contributed by atoms with van der Waals surface area (Å²) >= 11 is 0. The first-order valence-corrected chi connectivity index (χ1v) is 14.0. The minimum Gasteiger partial charge on any atom is -0.489 e. The second-order valence-electron chi connectivity index (χ2n) is 12.3. The van der Waals surface area contributed by atoms with Gasteiger partial charge in [-0.3, -0.25) is 4.79 Å². The number of pyridine rings is 1. The van der Waals surface area contributed by atoms with E-state index in [1.807, 2.05) is 18.2 Å². The van der Waals surface area contributed by atoms with Crippen molar-refractivity contribution in [1.29, 1.82) is 0 Å². The third kappa shape index (κ3) is 4.38. The number of rotatable bonds is 7. The Kier molecular flexibility index (Phi) is 6.40. The van der Waals surface area contributed by atoms with Crippen molar-refractivity contribution in [2.75, 3.05) is 7.11 Å². The minimum atomic E-state index is -0.689. The summed E-state index contributed by atoms with van der Waals surface area (Å²) in [4.78, 5) is 15.9. The number of nitrogens with zero attached hydrogens (tertiary/aromatic N) is 1. The molecule has 0 amide bonds. The molecule has 39 heavy (non-hydrogen) atoms. The average Bonchev–Trinajstić information content (AvgIpc) is 3.47. The first-order chi connectivity index (χ1) is 18.7. The van der Waals surface area contributed by atoms with Crippen molar-refractivity contribution in [2.45, 2.75) is 76.7 Å². The van der Waals surface area contributed by atoms with E-state index in [0.29, 0.717) is 24.0 Å². The summed E-state index contributed by atoms with van der Waals surface area (Å²) in [6, 6.07) is 14.0. The Bertz CT molecular complexity index is 1430. The maximum atomic E-state index is 15.0. The monoisotopic (exact) mass is 529 g/mol. The van der Waals surface area contributed by atoms with E-state index in [0.717, 1.165) is 72.9 Å². The molecule has 204 valence electrons. The smallest absolute Gasteiger partial charge is 0.307 e. The van der Waals surface area contributed by atoms with Gasteiger partial charge in [0.25, 0.3) is 0 Å². The summed E-state index contributed by atoms with van der Waals surface area (Å²) in [5.41, 5.74) is 5.82. The van der Waals surface area contributed by atoms with Crippen LogP contribution < -0.4 is 9.47 Å². The Morgan fingerprint density at radius 3 is 2.62 bits per heavy atom. The van der Waals surface area contributed by atoms with Gasteiger partial charge in [0.15, 0.2) is 0 Å². The number of hydrogen-bond acceptors (Lipinski definition) is 4. The number of aryl methyl sites for hydroxylation is 1. The maximum absolute atomic E-state index is 15.0. The molecular weight excluding hydrogens is 493 g/mol. The number of ether oxygens (including phenoxy) is 2. The molecule has 2 aromatic carbocycles. The lowest BCUT2D eigenvalue weighted by molar-refractivity contribution is -0.149. The lowest BCUT2D eigenvalue weighted by Crippen LogP contribution is -2.46. The number of carbonyl (C=O) groups is 1. The summed E-state index contributed by atoms with van der Waals surface area (Å²) in [5.74, 6) is 0.110. The van der Waals surface area contributed by atoms with Gasteiger partial charge in [0.2, 0.25) is 5.88 Å². The number of carboxylic acid groups (broad SMARTS) is 1. The SMILES string of the molecule is COc1cc(-c2ccc(COc3ccc4c(c3)[C@]3(CC4)CC[C@@H]3C(=O)O)cc2[C@@H]2CCCC2(C)C)c(F)cn1. The standard InChI is InChI=1S/C33H36FNO4/c1-32(2)12-4-5-26(32)24-15-20(6-9-23(24)25-17-30(38-3)35-18-29(25)34)19-39-22-8-7-21-10-13-33(28(21)16-22)14-11-27(33)31(36)37/h6-9,15-18,26-27H,4-5,10-14,19H2,1-3H3,(H,36,37)/t26-,27+,33+/m0/s1. The fourth-order valence-electron chi connectivity index (χ4n) is 7.48. The number of aliphatic carboxylic acids is 1. The van der Waals surface area contributed by atoms with E-state index >= 15 is 4.39 Å². The van der Waals surface area contributed by atoms with Crippen LogP contribution in [0, 0.1) is 17.2 Å². The lowest BCUT2D eigenvalue weighted by Gasteiger charge is -2.45. The van der Waals surface area contributed by atoms with E-state index < -0.39 is 5.97 Å². The van der Waals surface area contributed by atoms with Crippen molar-refractivity contribution in [3.63, 3.8) is 0 Å². The quantitative estimate of drug-likeness (QED) is 0.344. The molecule has 6 rings (SSSR count). The van der Waals surface area contributed by atoms with Crippen molar-refractivity contribution in [3.8, 4) is 22.8 Å². The van der Waals surface area contributed by atoms with Crippen molar-refractivity contribution >= 4 is 5.97 Å². The van der Waals surface area contributed by atoms with Gasteiger partial charge in [-0.2, -0.15) is 0 Å². The molecule has 0 aliphatic heterocycles. The van der Waals surface area contributed by atoms with Crippen LogP contribution in [0.15, 0.2) is 48.7 Å². The predicted molar refractivity (Wildman–Crippen MR) is 148 cm³/mol. The highest BCUT2D eigenvalue weighted by molar-refractivity contribution is 5.75. The molecule has 3 aliphatic carbocycles. The molecule has 5 nitrogen and oxygen atoms in total. The first-order valence-electron chi connectivity index (χ1n) is 14.0. The Hall–Kier alpha value is -3.41. The summed E-state index contributed by atoms with van der Waals surface area (Å²) in [7, 11) is 1.54. The molecule has 0 unspecified atom stereocenters. The average molecular weight is 530 g/mol. The molecule has 6 heteroatoms. The van der Waals surface area contributed by atoms with Gasteiger partial charge in [0.1, 0.15) is 18.2 Å². The zero-order valence-corrected chi connectivity index (χ0v) is 22.9. The highest BCUT2D eigenvalue weighted by Crippen LogP contribution is 2.57. The Labute approximate surface area is 229 Å². The zero-order chi connectivity index (χ0) is 27.4. The highest BCUT2D eigenvalue weighted by Gasteiger charge is 2.54. The van der Waals surface area contributed by atoms with E-state index in [4.69, 9.17) is 9.47 Å². The van der Waals surface area contributed by atoms with Crippen LogP contribution >= 0.6 is 0 Å². The van der Waals surface area contributed by atoms with Gasteiger partial charge in [0, 0.05) is 17.0 Å². The fraction of sp³-hybridized carbons (Fsp3) is 0.455. The van der Waals surface area contributed by atoms with Gasteiger partial charge in [-0.1, -0.05) is 44.5 Å². The fourth-order valence-corrected chi connectivity index (χ4v) is 7.48. The summed E-state index contributed by atoms with van der Waals surface area (Å²) in [6.45, 7) is 4.98. The largest absolute Gasteiger partial charge is 0.489 e. The zero-order valence-electron chi connectivity index (χ0n) is 22.9. The van der Waals surface area contributed by atoms with E-state index in [-0.39, 0.29) is 22.6 Å². The van der Waals surface area contributed by atoms with Crippen molar-refractivity contribution in [1.82, 2.24) is 4.98 Å². The molecule has 1 N–H and O–H groups in total. The van der Waals surface area contributed by atoms with E-state index in [1.54, 1.807) is 13.2 Å². The van der Waals surface area contributed by atoms with Crippen LogP contribution in [-0.4, -0.2) is 23.2 Å². The normalized spacial score (nSPS) is 24.8. The lowest BCUT2D eigenvalue weighted by atomic mass is 9.57. The van der Waals surface area contributed by atoms with Crippen LogP contribution in [0.2, 0.25) is 0 Å². The van der Waals surface area contributed by atoms with E-state index in [2.05, 4.69) is 37.0 Å². The molecule has 0 saturated heterocycles. The Balaban J connectivity index is 1.31. The van der Waals surface area contributed by atoms with Crippen molar-refractivity contribution in [3.05, 3.63) is 76.7 Å². The molecule has 2 saturated carbocycles. The molecule has 3 atom stereocenters. The maximum Gasteiger partial charge on any atom is 0.307 e. The molecule has 2 fully saturated rings. The van der Waals surface area contributed by atoms with Crippen LogP contribution in [0.1, 0.15) is 80.5 Å². The number of methoxy groups -OCH3 is 1. The van der Waals surface area contributed by atoms with E-state index in [1.165, 1.54) is 11.8 Å². The van der Waals surface area contributed by atoms with Gasteiger partial charge in [-0.05, 0) is 89.8 Å². The third-order valence-electron chi connectivity index (χ3n) is 9.79. The molecule has 1 heterocycles. The summed E-state index contributed by atoms with van der Waals surface area (Å²) in [5, 5.41) is 9.74. The number of carboxylic acids is 1. The van der Waals surface area contributed by atoms with Gasteiger partial charge < -0.3 is 14.6 Å². The molecule has 0 radical (unpaired) electrons. The first kappa shape index (κ1) is 25.8. The minimum absolute atomic E-state index is 0.111. The van der Waals surface area contributed by atoms with Crippen molar-refractivity contribution in [2.24, 2.45) is 11.3 Å². The molecular formula is C33H36FNO4. The van der Waals surface area contributed by atoms with Crippen LogP contribution in [0.25, 0.3) is 11.1 Å². The van der Waals surface area contributed by atoms with Crippen molar-refractivity contribution < 1.29 is 23.8 Å². The van der Waals surface area contributed by atoms with E-state index in [9.17, 15) is 9.90 Å². The van der Waals surface area contributed by atoms with Crippen LogP contribution in [0.3, 0.4) is 0 Å². The Morgan fingerprint density at radius 1 is 1.08 bits per heavy atom. The molecule has 0 bridgehead atoms. The second-order valence-corrected chi connectivity index (χ2v) is 12.3. The summed E-state index contributed by atoms with van der Waals surface area (Å²) in [6.07, 6.45) is 8.08. The van der Waals surface area contributed by atoms with Gasteiger partial charge in [0.05, 0.1) is 19.2 Å². The molecule has 3 aromatic rings. The third-order valence-corrected chi connectivity index (χ3v) is 9.79. The number of fused-ring (bicyclic) bond motifs is 2. The van der Waals surface area contributed by atoms with Crippen LogP contribution in [0.4, 0.5) is 4.39 Å².